The summed E-state index contributed by atoms with van der Waals surface area (Å²) in [4.78, 5) is 47.6. The van der Waals surface area contributed by atoms with Crippen LogP contribution in [0.2, 0.25) is 0 Å². The molecule has 0 aliphatic rings. The van der Waals surface area contributed by atoms with Crippen LogP contribution in [0.5, 0.6) is 0 Å². The zero-order valence-corrected chi connectivity index (χ0v) is 18.7. The fourth-order valence-electron chi connectivity index (χ4n) is 3.16. The van der Waals surface area contributed by atoms with Gasteiger partial charge in [0.2, 0.25) is 0 Å². The summed E-state index contributed by atoms with van der Waals surface area (Å²) in [5.74, 6) is -1.79. The van der Waals surface area contributed by atoms with Crippen molar-refractivity contribution in [1.82, 2.24) is 5.32 Å². The van der Waals surface area contributed by atoms with Crippen molar-refractivity contribution in [3.63, 3.8) is 0 Å². The summed E-state index contributed by atoms with van der Waals surface area (Å²) >= 11 is 0. The lowest BCUT2D eigenvalue weighted by atomic mass is 10.1. The molecule has 0 atom stereocenters. The van der Waals surface area contributed by atoms with Gasteiger partial charge in [-0.05, 0) is 43.7 Å². The van der Waals surface area contributed by atoms with E-state index in [1.807, 2.05) is 31.2 Å². The Morgan fingerprint density at radius 3 is 2.35 bits per heavy atom. The molecule has 2 amide bonds. The number of aryl methyl sites for hydroxylation is 2. The van der Waals surface area contributed by atoms with Crippen LogP contribution in [0.15, 0.2) is 66.7 Å². The molecule has 9 heteroatoms. The van der Waals surface area contributed by atoms with Gasteiger partial charge < -0.3 is 15.4 Å². The average Bonchev–Trinajstić information content (AvgIpc) is 2.82. The van der Waals surface area contributed by atoms with E-state index in [4.69, 9.17) is 4.74 Å². The van der Waals surface area contributed by atoms with Crippen molar-refractivity contribution in [2.24, 2.45) is 0 Å². The fraction of sp³-hybridized carbons (Fsp3) is 0.160. The molecule has 2 N–H and O–H groups in total. The first kappa shape index (κ1) is 24.1. The van der Waals surface area contributed by atoms with Crippen molar-refractivity contribution < 1.29 is 24.0 Å². The monoisotopic (exact) mass is 461 g/mol. The van der Waals surface area contributed by atoms with Gasteiger partial charge in [-0.1, -0.05) is 42.0 Å². The molecule has 0 saturated carbocycles. The molecular formula is C25H23N3O6. The maximum absolute atomic E-state index is 12.6. The molecule has 3 rings (SSSR count). The van der Waals surface area contributed by atoms with Crippen LogP contribution in [0.1, 0.15) is 37.4 Å². The number of nitrogens with one attached hydrogen (secondary N) is 2. The van der Waals surface area contributed by atoms with Crippen LogP contribution in [0.25, 0.3) is 0 Å². The molecule has 0 fully saturated rings. The van der Waals surface area contributed by atoms with Crippen molar-refractivity contribution in [3.05, 3.63) is 105 Å². The molecule has 0 aromatic heterocycles. The summed E-state index contributed by atoms with van der Waals surface area (Å²) in [6, 6.07) is 18.0. The van der Waals surface area contributed by atoms with Crippen LogP contribution in [0.3, 0.4) is 0 Å². The van der Waals surface area contributed by atoms with Gasteiger partial charge in [-0.3, -0.25) is 19.7 Å². The number of carbonyl (C=O) groups is 3. The number of nitro benzene ring substituents is 1. The molecule has 34 heavy (non-hydrogen) atoms. The van der Waals surface area contributed by atoms with E-state index in [0.29, 0.717) is 12.1 Å². The summed E-state index contributed by atoms with van der Waals surface area (Å²) in [6.07, 6.45) is 0. The normalized spacial score (nSPS) is 10.3. The highest BCUT2D eigenvalue weighted by Crippen LogP contribution is 2.19. The Labute approximate surface area is 195 Å². The number of rotatable bonds is 8. The maximum atomic E-state index is 12.6. The Bertz CT molecular complexity index is 1240. The minimum Gasteiger partial charge on any atom is -0.452 e. The maximum Gasteiger partial charge on any atom is 0.338 e. The van der Waals surface area contributed by atoms with E-state index < -0.39 is 23.4 Å². The van der Waals surface area contributed by atoms with Gasteiger partial charge in [-0.25, -0.2) is 4.79 Å². The summed E-state index contributed by atoms with van der Waals surface area (Å²) in [5.41, 5.74) is 2.87. The molecule has 0 aliphatic carbocycles. The third-order valence-corrected chi connectivity index (χ3v) is 4.98. The molecule has 0 unspecified atom stereocenters. The van der Waals surface area contributed by atoms with Gasteiger partial charge in [-0.15, -0.1) is 0 Å². The number of carbonyl (C=O) groups excluding carboxylic acids is 3. The molecule has 0 heterocycles. The first-order valence-electron chi connectivity index (χ1n) is 10.4. The van der Waals surface area contributed by atoms with Crippen molar-refractivity contribution in [1.29, 1.82) is 0 Å². The molecule has 3 aromatic rings. The van der Waals surface area contributed by atoms with Gasteiger partial charge >= 0.3 is 5.97 Å². The van der Waals surface area contributed by atoms with Gasteiger partial charge in [-0.2, -0.15) is 0 Å². The number of nitrogens with zero attached hydrogens (tertiary/aromatic N) is 1. The predicted molar refractivity (Wildman–Crippen MR) is 126 cm³/mol. The van der Waals surface area contributed by atoms with E-state index in [1.54, 1.807) is 24.3 Å². The first-order chi connectivity index (χ1) is 16.2. The minimum atomic E-state index is -0.794. The van der Waals surface area contributed by atoms with Gasteiger partial charge in [0.25, 0.3) is 17.5 Å². The number of para-hydroxylation sites is 1. The summed E-state index contributed by atoms with van der Waals surface area (Å²) in [7, 11) is 0. The third-order valence-electron chi connectivity index (χ3n) is 4.98. The average molecular weight is 461 g/mol. The van der Waals surface area contributed by atoms with Gasteiger partial charge in [0.15, 0.2) is 6.61 Å². The molecule has 0 aliphatic heterocycles. The minimum absolute atomic E-state index is 0.0896. The topological polar surface area (TPSA) is 128 Å². The predicted octanol–water partition coefficient (Wildman–Crippen LogP) is 3.94. The lowest BCUT2D eigenvalue weighted by Gasteiger charge is -2.12. The summed E-state index contributed by atoms with van der Waals surface area (Å²) < 4.78 is 5.01. The highest BCUT2D eigenvalue weighted by Gasteiger charge is 2.17. The van der Waals surface area contributed by atoms with Crippen LogP contribution in [0.4, 0.5) is 11.4 Å². The van der Waals surface area contributed by atoms with Crippen molar-refractivity contribution in [3.8, 4) is 0 Å². The molecular weight excluding hydrogens is 438 g/mol. The Morgan fingerprint density at radius 2 is 1.68 bits per heavy atom. The van der Waals surface area contributed by atoms with E-state index >= 15 is 0 Å². The van der Waals surface area contributed by atoms with E-state index in [1.165, 1.54) is 25.1 Å². The van der Waals surface area contributed by atoms with Crippen LogP contribution >= 0.6 is 0 Å². The Morgan fingerprint density at radius 1 is 0.971 bits per heavy atom. The van der Waals surface area contributed by atoms with E-state index in [0.717, 1.165) is 11.1 Å². The Kier molecular flexibility index (Phi) is 7.71. The molecule has 9 nitrogen and oxygen atoms in total. The lowest BCUT2D eigenvalue weighted by molar-refractivity contribution is -0.385. The lowest BCUT2D eigenvalue weighted by Crippen LogP contribution is -2.26. The number of hydrogen-bond acceptors (Lipinski definition) is 6. The SMILES string of the molecule is Cc1ccc(CNC(=O)c2ccccc2NC(=O)COC(=O)c2ccc([N+](=O)[O-])c(C)c2)cc1. The Balaban J connectivity index is 1.58. The standard InChI is InChI=1S/C25H23N3O6/c1-16-7-9-18(10-8-16)14-26-24(30)20-5-3-4-6-21(20)27-23(29)15-34-25(31)19-11-12-22(28(32)33)17(2)13-19/h3-13H,14-15H2,1-2H3,(H,26,30)(H,27,29). The molecule has 0 radical (unpaired) electrons. The first-order valence-corrected chi connectivity index (χ1v) is 10.4. The van der Waals surface area contributed by atoms with Crippen molar-refractivity contribution in [2.45, 2.75) is 20.4 Å². The number of benzene rings is 3. The van der Waals surface area contributed by atoms with Gasteiger partial charge in [0.1, 0.15) is 0 Å². The quantitative estimate of drug-likeness (QED) is 0.297. The Hall–Kier alpha value is -4.53. The molecule has 174 valence electrons. The number of ether oxygens (including phenoxy) is 1. The molecule has 0 spiro atoms. The molecule has 0 saturated heterocycles. The highest BCUT2D eigenvalue weighted by atomic mass is 16.6. The van der Waals surface area contributed by atoms with E-state index in [9.17, 15) is 24.5 Å². The number of amides is 2. The zero-order chi connectivity index (χ0) is 24.7. The second-order valence-electron chi connectivity index (χ2n) is 7.60. The number of esters is 1. The van der Waals surface area contributed by atoms with Crippen LogP contribution in [-0.4, -0.2) is 29.3 Å². The number of hydrogen-bond donors (Lipinski definition) is 2. The number of anilines is 1. The molecule has 3 aromatic carbocycles. The van der Waals surface area contributed by atoms with E-state index in [2.05, 4.69) is 10.6 Å². The summed E-state index contributed by atoms with van der Waals surface area (Å²) in [6.45, 7) is 3.22. The molecule has 0 bridgehead atoms. The van der Waals surface area contributed by atoms with E-state index in [-0.39, 0.29) is 28.4 Å². The van der Waals surface area contributed by atoms with Crippen molar-refractivity contribution >= 4 is 29.2 Å². The van der Waals surface area contributed by atoms with Gasteiger partial charge in [0, 0.05) is 18.2 Å². The second-order valence-corrected chi connectivity index (χ2v) is 7.60. The van der Waals surface area contributed by atoms with Crippen LogP contribution in [0, 0.1) is 24.0 Å². The second kappa shape index (κ2) is 10.9. The largest absolute Gasteiger partial charge is 0.452 e. The summed E-state index contributed by atoms with van der Waals surface area (Å²) in [5, 5.41) is 16.3. The highest BCUT2D eigenvalue weighted by molar-refractivity contribution is 6.04. The third kappa shape index (κ3) is 6.26. The fourth-order valence-corrected chi connectivity index (χ4v) is 3.16. The zero-order valence-electron chi connectivity index (χ0n) is 18.7. The number of nitro groups is 1. The van der Waals surface area contributed by atoms with Crippen LogP contribution < -0.4 is 10.6 Å². The van der Waals surface area contributed by atoms with Crippen LogP contribution in [-0.2, 0) is 16.1 Å². The smallest absolute Gasteiger partial charge is 0.338 e. The van der Waals surface area contributed by atoms with Crippen molar-refractivity contribution in [2.75, 3.05) is 11.9 Å². The van der Waals surface area contributed by atoms with Gasteiger partial charge in [0.05, 0.1) is 21.7 Å².